The van der Waals surface area contributed by atoms with Crippen molar-refractivity contribution < 1.29 is 9.26 Å². The molecule has 0 aliphatic carbocycles. The maximum Gasteiger partial charge on any atom is 0.264 e. The van der Waals surface area contributed by atoms with Crippen molar-refractivity contribution in [1.82, 2.24) is 10.1 Å². The van der Waals surface area contributed by atoms with Crippen molar-refractivity contribution in [2.45, 2.75) is 13.5 Å². The Labute approximate surface area is 122 Å². The number of anilines is 1. The van der Waals surface area contributed by atoms with Gasteiger partial charge in [-0.3, -0.25) is 0 Å². The molecular formula is C16H15N3O2. The molecule has 3 aromatic rings. The van der Waals surface area contributed by atoms with E-state index in [1.807, 2.05) is 31.2 Å². The van der Waals surface area contributed by atoms with E-state index in [2.05, 4.69) is 10.1 Å². The summed E-state index contributed by atoms with van der Waals surface area (Å²) in [6.45, 7) is 2.24. The lowest BCUT2D eigenvalue weighted by Crippen LogP contribution is -1.96. The number of hydrogen-bond donors (Lipinski definition) is 1. The second-order valence-corrected chi connectivity index (χ2v) is 4.68. The third-order valence-corrected chi connectivity index (χ3v) is 3.10. The summed E-state index contributed by atoms with van der Waals surface area (Å²) in [4.78, 5) is 4.35. The van der Waals surface area contributed by atoms with E-state index in [0.29, 0.717) is 23.2 Å². The quantitative estimate of drug-likeness (QED) is 0.743. The molecule has 2 N–H and O–H groups in total. The number of nitrogens with two attached hydrogens (primary N) is 1. The maximum absolute atomic E-state index is 5.62. The molecule has 0 bridgehead atoms. The van der Waals surface area contributed by atoms with Crippen LogP contribution in [0, 0.1) is 6.92 Å². The van der Waals surface area contributed by atoms with Crippen molar-refractivity contribution >= 4 is 5.69 Å². The monoisotopic (exact) mass is 281 g/mol. The summed E-state index contributed by atoms with van der Waals surface area (Å²) in [6, 6.07) is 15.1. The molecule has 0 saturated carbocycles. The smallest absolute Gasteiger partial charge is 0.264 e. The molecular weight excluding hydrogens is 266 g/mol. The minimum absolute atomic E-state index is 0.225. The van der Waals surface area contributed by atoms with Crippen LogP contribution in [0.1, 0.15) is 11.5 Å². The Balaban J connectivity index is 1.71. The normalized spacial score (nSPS) is 10.5. The molecule has 106 valence electrons. The molecule has 0 atom stereocenters. The largest absolute Gasteiger partial charge is 0.484 e. The minimum atomic E-state index is 0.225. The summed E-state index contributed by atoms with van der Waals surface area (Å²) in [5.74, 6) is 1.72. The topological polar surface area (TPSA) is 74.2 Å². The van der Waals surface area contributed by atoms with Crippen LogP contribution >= 0.6 is 0 Å². The first-order valence-electron chi connectivity index (χ1n) is 6.59. The lowest BCUT2D eigenvalue weighted by Gasteiger charge is -2.02. The van der Waals surface area contributed by atoms with Gasteiger partial charge in [-0.05, 0) is 36.8 Å². The van der Waals surface area contributed by atoms with Gasteiger partial charge in [0.25, 0.3) is 5.89 Å². The molecule has 5 heteroatoms. The van der Waals surface area contributed by atoms with E-state index in [4.69, 9.17) is 15.0 Å². The number of aryl methyl sites for hydroxylation is 1. The van der Waals surface area contributed by atoms with Gasteiger partial charge in [0, 0.05) is 11.3 Å². The van der Waals surface area contributed by atoms with Crippen LogP contribution in [0.4, 0.5) is 5.69 Å². The van der Waals surface area contributed by atoms with Gasteiger partial charge in [-0.1, -0.05) is 29.4 Å². The van der Waals surface area contributed by atoms with Crippen molar-refractivity contribution in [1.29, 1.82) is 0 Å². The first kappa shape index (κ1) is 13.2. The van der Waals surface area contributed by atoms with E-state index in [9.17, 15) is 0 Å². The third kappa shape index (κ3) is 3.02. The van der Waals surface area contributed by atoms with Gasteiger partial charge >= 0.3 is 0 Å². The van der Waals surface area contributed by atoms with Crippen LogP contribution in [-0.4, -0.2) is 10.1 Å². The summed E-state index contributed by atoms with van der Waals surface area (Å²) in [5.41, 5.74) is 8.38. The molecule has 0 amide bonds. The van der Waals surface area contributed by atoms with Crippen molar-refractivity contribution in [3.63, 3.8) is 0 Å². The van der Waals surface area contributed by atoms with Gasteiger partial charge in [-0.2, -0.15) is 4.98 Å². The highest BCUT2D eigenvalue weighted by Gasteiger charge is 2.10. The number of nitrogen functional groups attached to an aromatic ring is 1. The van der Waals surface area contributed by atoms with E-state index < -0.39 is 0 Å². The first-order valence-corrected chi connectivity index (χ1v) is 6.59. The van der Waals surface area contributed by atoms with Gasteiger partial charge in [0.2, 0.25) is 5.82 Å². The van der Waals surface area contributed by atoms with Crippen molar-refractivity contribution in [3.8, 4) is 17.1 Å². The van der Waals surface area contributed by atoms with Gasteiger partial charge in [0.15, 0.2) is 6.61 Å². The van der Waals surface area contributed by atoms with Crippen LogP contribution < -0.4 is 10.5 Å². The average molecular weight is 281 g/mol. The summed E-state index contributed by atoms with van der Waals surface area (Å²) >= 11 is 0. The van der Waals surface area contributed by atoms with E-state index in [1.54, 1.807) is 24.3 Å². The molecule has 1 aromatic heterocycles. The highest BCUT2D eigenvalue weighted by atomic mass is 16.5. The highest BCUT2D eigenvalue weighted by Crippen LogP contribution is 2.20. The zero-order chi connectivity index (χ0) is 14.7. The lowest BCUT2D eigenvalue weighted by molar-refractivity contribution is 0.243. The van der Waals surface area contributed by atoms with E-state index in [1.165, 1.54) is 0 Å². The van der Waals surface area contributed by atoms with Gasteiger partial charge in [-0.25, -0.2) is 0 Å². The fraction of sp³-hybridized carbons (Fsp3) is 0.125. The second-order valence-electron chi connectivity index (χ2n) is 4.68. The van der Waals surface area contributed by atoms with E-state index in [0.717, 1.165) is 11.1 Å². The van der Waals surface area contributed by atoms with Crippen LogP contribution in [0.5, 0.6) is 5.75 Å². The number of aromatic nitrogens is 2. The van der Waals surface area contributed by atoms with Gasteiger partial charge < -0.3 is 15.0 Å². The maximum atomic E-state index is 5.62. The molecule has 3 rings (SSSR count). The number of rotatable bonds is 4. The van der Waals surface area contributed by atoms with Crippen molar-refractivity contribution in [3.05, 3.63) is 60.0 Å². The van der Waals surface area contributed by atoms with E-state index >= 15 is 0 Å². The number of ether oxygens (including phenoxy) is 1. The van der Waals surface area contributed by atoms with Gasteiger partial charge in [0.1, 0.15) is 5.75 Å². The number of benzene rings is 2. The molecule has 2 aromatic carbocycles. The Hall–Kier alpha value is -2.82. The van der Waals surface area contributed by atoms with Crippen LogP contribution in [0.2, 0.25) is 0 Å². The van der Waals surface area contributed by atoms with Gasteiger partial charge in [-0.15, -0.1) is 0 Å². The first-order chi connectivity index (χ1) is 10.2. The van der Waals surface area contributed by atoms with Crippen LogP contribution in [0.15, 0.2) is 53.1 Å². The lowest BCUT2D eigenvalue weighted by atomic mass is 10.1. The molecule has 5 nitrogen and oxygen atoms in total. The van der Waals surface area contributed by atoms with Crippen molar-refractivity contribution in [2.24, 2.45) is 0 Å². The van der Waals surface area contributed by atoms with Crippen molar-refractivity contribution in [2.75, 3.05) is 5.73 Å². The predicted molar refractivity (Wildman–Crippen MR) is 79.7 cm³/mol. The molecule has 0 aliphatic rings. The summed E-state index contributed by atoms with van der Waals surface area (Å²) in [7, 11) is 0. The molecule has 0 fully saturated rings. The molecule has 1 heterocycles. The fourth-order valence-electron chi connectivity index (χ4n) is 1.96. The van der Waals surface area contributed by atoms with Gasteiger partial charge in [0.05, 0.1) is 0 Å². The van der Waals surface area contributed by atoms with E-state index in [-0.39, 0.29) is 6.61 Å². The van der Waals surface area contributed by atoms with Crippen LogP contribution in [0.3, 0.4) is 0 Å². The summed E-state index contributed by atoms with van der Waals surface area (Å²) < 4.78 is 10.8. The zero-order valence-corrected chi connectivity index (χ0v) is 11.6. The molecule has 0 aliphatic heterocycles. The standard InChI is InChI=1S/C16H15N3O2/c1-11-4-2-3-5-14(11)16-18-15(21-19-16)10-20-13-8-6-12(17)7-9-13/h2-9H,10,17H2,1H3. The number of hydrogen-bond acceptors (Lipinski definition) is 5. The zero-order valence-electron chi connectivity index (χ0n) is 11.6. The Bertz CT molecular complexity index is 735. The molecule has 0 unspecified atom stereocenters. The highest BCUT2D eigenvalue weighted by molar-refractivity contribution is 5.58. The molecule has 21 heavy (non-hydrogen) atoms. The summed E-state index contributed by atoms with van der Waals surface area (Å²) in [6.07, 6.45) is 0. The Kier molecular flexibility index (Phi) is 3.55. The molecule has 0 saturated heterocycles. The Morgan fingerprint density at radius 1 is 1.10 bits per heavy atom. The Morgan fingerprint density at radius 2 is 1.86 bits per heavy atom. The third-order valence-electron chi connectivity index (χ3n) is 3.10. The molecule has 0 spiro atoms. The predicted octanol–water partition coefficient (Wildman–Crippen LogP) is 3.21. The average Bonchev–Trinajstić information content (AvgIpc) is 2.96. The van der Waals surface area contributed by atoms with Crippen LogP contribution in [0.25, 0.3) is 11.4 Å². The summed E-state index contributed by atoms with van der Waals surface area (Å²) in [5, 5.41) is 3.99. The number of nitrogens with zero attached hydrogens (tertiary/aromatic N) is 2. The molecule has 0 radical (unpaired) electrons. The Morgan fingerprint density at radius 3 is 2.62 bits per heavy atom. The SMILES string of the molecule is Cc1ccccc1-c1noc(COc2ccc(N)cc2)n1. The fourth-order valence-corrected chi connectivity index (χ4v) is 1.96. The second kappa shape index (κ2) is 5.66. The minimum Gasteiger partial charge on any atom is -0.484 e. The van der Waals surface area contributed by atoms with Crippen LogP contribution in [-0.2, 0) is 6.61 Å².